The number of benzene rings is 1. The van der Waals surface area contributed by atoms with Crippen molar-refractivity contribution in [3.05, 3.63) is 89.6 Å². The molecule has 6 aliphatic heterocycles. The molecule has 1 aromatic rings. The van der Waals surface area contributed by atoms with Crippen LogP contribution in [-0.4, -0.2) is 141 Å². The molecule has 0 amide bonds. The molecule has 1 spiro atoms. The highest BCUT2D eigenvalue weighted by Crippen LogP contribution is 2.50. The van der Waals surface area contributed by atoms with Gasteiger partial charge in [-0.2, -0.15) is 4.40 Å². The lowest BCUT2D eigenvalue weighted by Crippen LogP contribution is -2.60. The number of methoxy groups -OCH3 is 2. The monoisotopic (exact) mass is 1090 g/mol. The summed E-state index contributed by atoms with van der Waals surface area (Å²) in [5, 5.41) is 13.1. The van der Waals surface area contributed by atoms with Crippen LogP contribution in [0.5, 0.6) is 0 Å². The van der Waals surface area contributed by atoms with Crippen molar-refractivity contribution < 1.29 is 65.9 Å². The Hall–Kier alpha value is -3.01. The van der Waals surface area contributed by atoms with Gasteiger partial charge in [-0.05, 0) is 93.1 Å². The quantitative estimate of drug-likeness (QED) is 0.126. The molecule has 76 heavy (non-hydrogen) atoms. The average molecular weight is 1090 g/mol. The van der Waals surface area contributed by atoms with E-state index in [-0.39, 0.29) is 35.5 Å². The fourth-order valence-electron chi connectivity index (χ4n) is 11.8. The van der Waals surface area contributed by atoms with Crippen LogP contribution in [0.2, 0.25) is 18.1 Å². The summed E-state index contributed by atoms with van der Waals surface area (Å²) in [5.74, 6) is -2.54. The summed E-state index contributed by atoms with van der Waals surface area (Å²) in [6.07, 6.45) is 9.21. The minimum atomic E-state index is -2.39. The molecule has 0 radical (unpaired) electrons. The van der Waals surface area contributed by atoms with E-state index in [1.54, 1.807) is 26.4 Å². The lowest BCUT2D eigenvalue weighted by Gasteiger charge is -2.49. The topological polar surface area (TPSA) is 168 Å². The van der Waals surface area contributed by atoms with Crippen LogP contribution >= 0.6 is 0 Å². The van der Waals surface area contributed by atoms with Gasteiger partial charge < -0.3 is 56.9 Å². The van der Waals surface area contributed by atoms with E-state index in [0.717, 1.165) is 11.1 Å². The van der Waals surface area contributed by atoms with Gasteiger partial charge in [0.05, 0.1) is 59.9 Å². The molecule has 1 N–H and O–H groups in total. The van der Waals surface area contributed by atoms with Crippen molar-refractivity contribution in [3.63, 3.8) is 0 Å². The van der Waals surface area contributed by atoms with Crippen LogP contribution in [0, 0.1) is 23.7 Å². The maximum atomic E-state index is 14.9. The van der Waals surface area contributed by atoms with E-state index in [9.17, 15) is 14.1 Å². The van der Waals surface area contributed by atoms with Crippen LogP contribution < -0.4 is 0 Å². The van der Waals surface area contributed by atoms with E-state index in [1.165, 1.54) is 0 Å². The summed E-state index contributed by atoms with van der Waals surface area (Å²) in [5.41, 5.74) is 1.16. The third kappa shape index (κ3) is 12.6. The largest absolute Gasteiger partial charge is 0.462 e. The predicted octanol–water partition coefficient (Wildman–Crippen LogP) is 9.82. The van der Waals surface area contributed by atoms with E-state index < -0.39 is 116 Å². The van der Waals surface area contributed by atoms with Gasteiger partial charge in [-0.15, -0.1) is 0 Å². The van der Waals surface area contributed by atoms with Crippen molar-refractivity contribution in [1.82, 2.24) is 0 Å². The zero-order valence-electron chi connectivity index (χ0n) is 47.6. The zero-order chi connectivity index (χ0) is 55.1. The Labute approximate surface area is 455 Å². The molecule has 19 atom stereocenters. The van der Waals surface area contributed by atoms with Gasteiger partial charge in [-0.25, -0.2) is 4.21 Å². The van der Waals surface area contributed by atoms with E-state index in [2.05, 4.69) is 91.1 Å². The number of ether oxygens (including phenoxy) is 10. The minimum Gasteiger partial charge on any atom is -0.462 e. The van der Waals surface area contributed by atoms with Crippen molar-refractivity contribution >= 4 is 31.0 Å². The molecule has 4 fully saturated rings. The normalized spacial score (nSPS) is 42.4. The third-order valence-electron chi connectivity index (χ3n) is 17.1. The second-order valence-corrected chi connectivity index (χ2v) is 30.1. The summed E-state index contributed by atoms with van der Waals surface area (Å²) in [6.45, 7) is 27.4. The van der Waals surface area contributed by atoms with Crippen molar-refractivity contribution in [3.8, 4) is 0 Å². The molecule has 15 nitrogen and oxygen atoms in total. The number of hydrogen-bond acceptors (Lipinski definition) is 14. The molecule has 0 aromatic heterocycles. The van der Waals surface area contributed by atoms with E-state index in [1.807, 2.05) is 63.3 Å². The van der Waals surface area contributed by atoms with Crippen molar-refractivity contribution in [2.75, 3.05) is 20.8 Å². The molecule has 17 heteroatoms. The SMILES string of the molecule is CO[C@H]1C[C@H](O[C@H]2[C@H](C)O[C@@H](O[C@@H]3/C(C)=C/C[C@@H]4C[C@@H](C[C@]5(C=C[C@H](C)[C@@H](C(C)C)O5)O4)OC(=O)[C@@H]4C=C(C)[C@@H](O[Si](C)(C)C(C)(C)C)[C@H]5OC/C(=C\C=C\[C@@H]3C)[C@]54O)C[C@@H]2OC)O[C@@H](C)/C1=N\S(=O)c1ccccc1. The molecule has 1 aliphatic carbocycles. The standard InChI is InChI=1S/C59H87NO14SSi/c1-34(2)51-37(5)26-27-58(73-51)32-43-29-42(72-58)25-24-36(4)52(35(3)20-19-21-41-33-66-55-53(74-76(14,15)57(9,10)11)38(6)28-45(56(61)69-43)59(41,55)62)70-49-31-47(65-13)54(40(8)68-49)71-48-30-46(64-12)50(39(7)67-48)60-75(63)44-22-17-16-18-23-44/h16-24,26-28,34-35,37,39-40,42-43,45-49,51-55,62H,25,29-33H2,1-15H3/b20-19+,36-24+,41-21+,60-50+/t35-,37-,39-,40-,42+,43-,45-,46-,47-,48-,49-,51+,52-,53+,54-,55+,58+,59+,75?/m0/s1. The van der Waals surface area contributed by atoms with Crippen LogP contribution in [-0.2, 0) is 67.6 Å². The lowest BCUT2D eigenvalue weighted by molar-refractivity contribution is -0.302. The molecule has 1 unspecified atom stereocenters. The van der Waals surface area contributed by atoms with Crippen molar-refractivity contribution in [2.45, 2.75) is 222 Å². The maximum absolute atomic E-state index is 14.9. The molecule has 4 saturated heterocycles. The van der Waals surface area contributed by atoms with Crippen LogP contribution in [0.25, 0.3) is 0 Å². The first-order valence-electron chi connectivity index (χ1n) is 27.6. The second kappa shape index (κ2) is 24.0. The number of hydrogen-bond donors (Lipinski definition) is 1. The van der Waals surface area contributed by atoms with Gasteiger partial charge in [0.1, 0.15) is 35.9 Å². The van der Waals surface area contributed by atoms with Crippen LogP contribution in [0.15, 0.2) is 98.9 Å². The number of carbonyl (C=O) groups excluding carboxylic acids is 1. The Balaban J connectivity index is 1.07. The van der Waals surface area contributed by atoms with Crippen molar-refractivity contribution in [2.24, 2.45) is 28.1 Å². The number of nitrogens with zero attached hydrogens (tertiary/aromatic N) is 1. The highest BCUT2D eigenvalue weighted by Gasteiger charge is 2.62. The highest BCUT2D eigenvalue weighted by molar-refractivity contribution is 7.83. The smallest absolute Gasteiger partial charge is 0.316 e. The third-order valence-corrected chi connectivity index (χ3v) is 22.6. The summed E-state index contributed by atoms with van der Waals surface area (Å²) in [4.78, 5) is 15.5. The Morgan fingerprint density at radius 3 is 2.29 bits per heavy atom. The van der Waals surface area contributed by atoms with Gasteiger partial charge in [0.2, 0.25) is 0 Å². The molecule has 7 aliphatic rings. The van der Waals surface area contributed by atoms with Gasteiger partial charge >= 0.3 is 5.97 Å². The Bertz CT molecular complexity index is 2420. The first-order valence-corrected chi connectivity index (χ1v) is 31.6. The van der Waals surface area contributed by atoms with Crippen LogP contribution in [0.3, 0.4) is 0 Å². The van der Waals surface area contributed by atoms with Gasteiger partial charge in [-0.1, -0.05) is 103 Å². The summed E-state index contributed by atoms with van der Waals surface area (Å²) in [7, 11) is -0.745. The fourth-order valence-corrected chi connectivity index (χ4v) is 14.0. The molecular weight excluding hydrogens is 1010 g/mol. The highest BCUT2D eigenvalue weighted by atomic mass is 32.2. The molecule has 2 bridgehead atoms. The number of allylic oxidation sites excluding steroid dienone is 2. The second-order valence-electron chi connectivity index (χ2n) is 24.1. The van der Waals surface area contributed by atoms with Gasteiger partial charge in [0, 0.05) is 51.7 Å². The van der Waals surface area contributed by atoms with Gasteiger partial charge in [-0.3, -0.25) is 4.79 Å². The van der Waals surface area contributed by atoms with Gasteiger partial charge in [0.15, 0.2) is 37.7 Å². The fraction of sp³-hybridized carbons (Fsp3) is 0.695. The number of carbonyl (C=O) groups is 1. The number of aliphatic hydroxyl groups is 1. The zero-order valence-corrected chi connectivity index (χ0v) is 49.4. The van der Waals surface area contributed by atoms with Crippen LogP contribution in [0.1, 0.15) is 108 Å². The minimum absolute atomic E-state index is 0.104. The molecule has 422 valence electrons. The molecule has 6 heterocycles. The number of fused-ring (bicyclic) bond motifs is 2. The first kappa shape index (κ1) is 59.1. The lowest BCUT2D eigenvalue weighted by atomic mass is 9.71. The summed E-state index contributed by atoms with van der Waals surface area (Å²) < 4.78 is 90.6. The number of rotatable bonds is 11. The first-order chi connectivity index (χ1) is 35.9. The van der Waals surface area contributed by atoms with E-state index in [4.69, 9.17) is 51.8 Å². The Kier molecular flexibility index (Phi) is 18.7. The van der Waals surface area contributed by atoms with E-state index in [0.29, 0.717) is 48.3 Å². The molecule has 8 rings (SSSR count). The predicted molar refractivity (Wildman–Crippen MR) is 293 cm³/mol. The Morgan fingerprint density at radius 2 is 1.61 bits per heavy atom. The van der Waals surface area contributed by atoms with E-state index >= 15 is 0 Å². The maximum Gasteiger partial charge on any atom is 0.316 e. The summed E-state index contributed by atoms with van der Waals surface area (Å²) >= 11 is 0. The molecular formula is C59H87NO14SSi. The summed E-state index contributed by atoms with van der Waals surface area (Å²) in [6, 6.07) is 9.10. The number of esters is 1. The Morgan fingerprint density at radius 1 is 0.882 bits per heavy atom. The molecule has 1 aromatic carbocycles. The van der Waals surface area contributed by atoms with Gasteiger partial charge in [0.25, 0.3) is 0 Å². The van der Waals surface area contributed by atoms with Crippen LogP contribution in [0.4, 0.5) is 0 Å². The molecule has 0 saturated carbocycles. The van der Waals surface area contributed by atoms with Crippen molar-refractivity contribution in [1.29, 1.82) is 0 Å². The average Bonchev–Trinajstić information content (AvgIpc) is 3.74.